The number of benzene rings is 1. The maximum Gasteiger partial charge on any atom is 0.241 e. The number of hydrogen-bond acceptors (Lipinski definition) is 4. The Balaban J connectivity index is 2.37. The van der Waals surface area contributed by atoms with Crippen molar-refractivity contribution in [2.45, 2.75) is 18.7 Å². The van der Waals surface area contributed by atoms with Crippen LogP contribution in [-0.2, 0) is 10.0 Å². The van der Waals surface area contributed by atoms with Crippen molar-refractivity contribution in [3.63, 3.8) is 0 Å². The highest BCUT2D eigenvalue weighted by atomic mass is 32.2. The van der Waals surface area contributed by atoms with Crippen LogP contribution in [0.15, 0.2) is 41.6 Å². The van der Waals surface area contributed by atoms with Crippen LogP contribution in [0.5, 0.6) is 0 Å². The third-order valence-corrected chi connectivity index (χ3v) is 4.82. The fourth-order valence-corrected chi connectivity index (χ4v) is 3.22. The zero-order valence-corrected chi connectivity index (χ0v) is 12.7. The molecule has 0 fully saturated rings. The van der Waals surface area contributed by atoms with Crippen LogP contribution < -0.4 is 10.5 Å². The van der Waals surface area contributed by atoms with E-state index in [0.29, 0.717) is 5.39 Å². The predicted octanol–water partition coefficient (Wildman–Crippen LogP) is 1.48. The van der Waals surface area contributed by atoms with E-state index in [0.717, 1.165) is 5.39 Å². The van der Waals surface area contributed by atoms with Crippen LogP contribution in [0.1, 0.15) is 13.8 Å². The summed E-state index contributed by atoms with van der Waals surface area (Å²) >= 11 is 0. The van der Waals surface area contributed by atoms with Crippen LogP contribution in [-0.4, -0.2) is 25.8 Å². The Bertz CT molecular complexity index is 779. The number of nitrogens with one attached hydrogen (secondary N) is 2. The van der Waals surface area contributed by atoms with Gasteiger partial charge in [-0.1, -0.05) is 26.0 Å². The molecule has 1 aromatic carbocycles. The normalized spacial score (nSPS) is 12.5. The van der Waals surface area contributed by atoms with Gasteiger partial charge in [-0.15, -0.1) is 0 Å². The van der Waals surface area contributed by atoms with Crippen LogP contribution in [0.4, 0.5) is 0 Å². The number of pyridine rings is 1. The van der Waals surface area contributed by atoms with Crippen molar-refractivity contribution in [1.82, 2.24) is 9.71 Å². The van der Waals surface area contributed by atoms with Gasteiger partial charge in [-0.2, -0.15) is 0 Å². The van der Waals surface area contributed by atoms with Gasteiger partial charge in [0.15, 0.2) is 0 Å². The van der Waals surface area contributed by atoms with Gasteiger partial charge in [0.05, 0.1) is 10.7 Å². The largest absolute Gasteiger partial charge is 0.387 e. The second-order valence-electron chi connectivity index (χ2n) is 5.48. The topological polar surface area (TPSA) is 109 Å². The van der Waals surface area contributed by atoms with Crippen LogP contribution in [0.25, 0.3) is 10.8 Å². The molecule has 1 heterocycles. The molecule has 7 heteroatoms. The van der Waals surface area contributed by atoms with E-state index >= 15 is 0 Å². The van der Waals surface area contributed by atoms with Gasteiger partial charge in [0, 0.05) is 35.1 Å². The summed E-state index contributed by atoms with van der Waals surface area (Å²) < 4.78 is 27.5. The van der Waals surface area contributed by atoms with Crippen LogP contribution >= 0.6 is 0 Å². The first kappa shape index (κ1) is 15.4. The molecule has 0 unspecified atom stereocenters. The highest BCUT2D eigenvalue weighted by Gasteiger charge is 2.25. The van der Waals surface area contributed by atoms with Crippen molar-refractivity contribution in [3.8, 4) is 0 Å². The first-order chi connectivity index (χ1) is 9.74. The summed E-state index contributed by atoms with van der Waals surface area (Å²) in [5.74, 6) is -0.0627. The molecule has 2 aromatic rings. The molecule has 0 aliphatic carbocycles. The highest BCUT2D eigenvalue weighted by molar-refractivity contribution is 7.89. The molecule has 4 N–H and O–H groups in total. The molecule has 1 aromatic heterocycles. The second kappa shape index (κ2) is 5.42. The minimum Gasteiger partial charge on any atom is -0.387 e. The fourth-order valence-electron chi connectivity index (χ4n) is 1.78. The Morgan fingerprint density at radius 2 is 2.10 bits per heavy atom. The quantitative estimate of drug-likeness (QED) is 0.574. The summed E-state index contributed by atoms with van der Waals surface area (Å²) in [6, 6.07) is 6.70. The third-order valence-electron chi connectivity index (χ3n) is 3.36. The molecular formula is C14H18N4O2S. The van der Waals surface area contributed by atoms with Gasteiger partial charge in [0.25, 0.3) is 0 Å². The minimum absolute atomic E-state index is 0.0616. The monoisotopic (exact) mass is 306 g/mol. The van der Waals surface area contributed by atoms with E-state index in [1.54, 1.807) is 50.5 Å². The van der Waals surface area contributed by atoms with Crippen molar-refractivity contribution >= 4 is 26.6 Å². The number of nitrogens with zero attached hydrogens (tertiary/aromatic N) is 1. The lowest BCUT2D eigenvalue weighted by molar-refractivity contribution is 0.493. The Kier molecular flexibility index (Phi) is 3.97. The van der Waals surface area contributed by atoms with Crippen LogP contribution in [0.3, 0.4) is 0 Å². The van der Waals surface area contributed by atoms with Gasteiger partial charge in [-0.05, 0) is 12.1 Å². The molecule has 0 saturated heterocycles. The van der Waals surface area contributed by atoms with Crippen molar-refractivity contribution in [1.29, 1.82) is 5.41 Å². The molecule has 0 atom stereocenters. The van der Waals surface area contributed by atoms with Gasteiger partial charge in [-0.25, -0.2) is 13.1 Å². The van der Waals surface area contributed by atoms with Gasteiger partial charge >= 0.3 is 0 Å². The Hall–Kier alpha value is -1.99. The van der Waals surface area contributed by atoms with E-state index in [1.165, 1.54) is 0 Å². The first-order valence-corrected chi connectivity index (χ1v) is 7.89. The zero-order valence-electron chi connectivity index (χ0n) is 11.9. The van der Waals surface area contributed by atoms with Crippen molar-refractivity contribution < 1.29 is 8.42 Å². The fraction of sp³-hybridized carbons (Fsp3) is 0.286. The number of nitrogens with two attached hydrogens (primary N) is 1. The molecule has 21 heavy (non-hydrogen) atoms. The maximum absolute atomic E-state index is 12.5. The average molecular weight is 306 g/mol. The Labute approximate surface area is 123 Å². The number of hydrogen-bond donors (Lipinski definition) is 3. The number of fused-ring (bicyclic) bond motifs is 1. The van der Waals surface area contributed by atoms with E-state index in [2.05, 4.69) is 9.71 Å². The molecule has 6 nitrogen and oxygen atoms in total. The molecule has 0 amide bonds. The summed E-state index contributed by atoms with van der Waals surface area (Å²) in [6.45, 7) is 3.49. The average Bonchev–Trinajstić information content (AvgIpc) is 2.44. The standard InChI is InChI=1S/C14H18N4O2S/c1-14(2,13(15)16)9-18-21(19,20)12-5-3-4-10-8-17-7-6-11(10)12/h3-8,18H,9H2,1-2H3,(H3,15,16). The molecule has 0 aliphatic rings. The highest BCUT2D eigenvalue weighted by Crippen LogP contribution is 2.22. The van der Waals surface area contributed by atoms with E-state index < -0.39 is 15.4 Å². The van der Waals surface area contributed by atoms with Gasteiger partial charge in [0.1, 0.15) is 0 Å². The summed E-state index contributed by atoms with van der Waals surface area (Å²) in [5, 5.41) is 8.84. The first-order valence-electron chi connectivity index (χ1n) is 6.41. The number of aromatic nitrogens is 1. The zero-order chi connectivity index (χ0) is 15.7. The van der Waals surface area contributed by atoms with Crippen LogP contribution in [0.2, 0.25) is 0 Å². The lowest BCUT2D eigenvalue weighted by Gasteiger charge is -2.23. The van der Waals surface area contributed by atoms with Crippen molar-refractivity contribution in [2.24, 2.45) is 11.1 Å². The molecule has 112 valence electrons. The number of rotatable bonds is 5. The van der Waals surface area contributed by atoms with Gasteiger partial charge in [-0.3, -0.25) is 10.4 Å². The molecule has 2 rings (SSSR count). The van der Waals surface area contributed by atoms with Crippen molar-refractivity contribution in [2.75, 3.05) is 6.54 Å². The number of amidine groups is 1. The number of sulfonamides is 1. The van der Waals surface area contributed by atoms with Crippen LogP contribution in [0, 0.1) is 10.8 Å². The molecule has 0 bridgehead atoms. The molecule has 0 saturated carbocycles. The summed E-state index contributed by atoms with van der Waals surface area (Å²) in [7, 11) is -3.68. The van der Waals surface area contributed by atoms with Gasteiger partial charge in [0.2, 0.25) is 10.0 Å². The summed E-state index contributed by atoms with van der Waals surface area (Å²) in [5.41, 5.74) is 4.73. The summed E-state index contributed by atoms with van der Waals surface area (Å²) in [6.07, 6.45) is 3.18. The molecule has 0 radical (unpaired) electrons. The predicted molar refractivity (Wildman–Crippen MR) is 82.6 cm³/mol. The maximum atomic E-state index is 12.5. The SMILES string of the molecule is CC(C)(CNS(=O)(=O)c1cccc2cnccc12)C(=N)N. The molecule has 0 aliphatic heterocycles. The van der Waals surface area contributed by atoms with E-state index in [-0.39, 0.29) is 17.3 Å². The summed E-state index contributed by atoms with van der Waals surface area (Å²) in [4.78, 5) is 4.18. The minimum atomic E-state index is -3.68. The van der Waals surface area contributed by atoms with Crippen molar-refractivity contribution in [3.05, 3.63) is 36.7 Å². The lowest BCUT2D eigenvalue weighted by Crippen LogP contribution is -2.42. The third kappa shape index (κ3) is 3.20. The van der Waals surface area contributed by atoms with E-state index in [4.69, 9.17) is 11.1 Å². The lowest BCUT2D eigenvalue weighted by atomic mass is 9.93. The molecule has 0 spiro atoms. The van der Waals surface area contributed by atoms with E-state index in [9.17, 15) is 8.42 Å². The molecular weight excluding hydrogens is 288 g/mol. The Morgan fingerprint density at radius 3 is 2.76 bits per heavy atom. The smallest absolute Gasteiger partial charge is 0.241 e. The second-order valence-corrected chi connectivity index (χ2v) is 7.21. The van der Waals surface area contributed by atoms with Gasteiger partial charge < -0.3 is 5.73 Å². The van der Waals surface area contributed by atoms with E-state index in [1.807, 2.05) is 0 Å². The Morgan fingerprint density at radius 1 is 1.38 bits per heavy atom.